The molecule has 0 radical (unpaired) electrons. The standard InChI is InChI=1S/C26H28F3N9O2/c1-3-17-12-18(4-5-19(17)25(39)33-8-11-40-15-16(2)31)35-23-24-34-13-21(38(24)10-7-32-23)20-14-37(9-6-30)36-22(20)26(27,28)29/h4-5,7,10,12-14,16H,3,8-9,11,15,31H2,1-2H3,(H,32,35)(H,33,39)/t16-/m1/s1. The van der Waals surface area contributed by atoms with Gasteiger partial charge in [0.2, 0.25) is 0 Å². The van der Waals surface area contributed by atoms with Crippen LogP contribution >= 0.6 is 0 Å². The number of carbonyl (C=O) groups is 1. The van der Waals surface area contributed by atoms with Crippen LogP contribution in [0.2, 0.25) is 0 Å². The quantitative estimate of drug-likeness (QED) is 0.238. The van der Waals surface area contributed by atoms with Crippen LogP contribution in [-0.4, -0.2) is 55.9 Å². The molecule has 0 aliphatic heterocycles. The molecule has 4 rings (SSSR count). The number of fused-ring (bicyclic) bond motifs is 1. The van der Waals surface area contributed by atoms with E-state index in [-0.39, 0.29) is 35.4 Å². The Kier molecular flexibility index (Phi) is 8.66. The molecule has 11 nitrogen and oxygen atoms in total. The summed E-state index contributed by atoms with van der Waals surface area (Å²) in [6.45, 7) is 4.52. The summed E-state index contributed by atoms with van der Waals surface area (Å²) in [6, 6.07) is 6.92. The number of hydrogen-bond acceptors (Lipinski definition) is 8. The third-order valence-corrected chi connectivity index (χ3v) is 5.87. The Morgan fingerprint density at radius 1 is 1.30 bits per heavy atom. The first-order valence-electron chi connectivity index (χ1n) is 12.5. The first-order chi connectivity index (χ1) is 19.1. The number of benzene rings is 1. The van der Waals surface area contributed by atoms with Gasteiger partial charge in [-0.2, -0.15) is 23.5 Å². The molecule has 0 spiro atoms. The van der Waals surface area contributed by atoms with Gasteiger partial charge in [-0.15, -0.1) is 0 Å². The zero-order valence-electron chi connectivity index (χ0n) is 21.9. The average molecular weight is 556 g/mol. The van der Waals surface area contributed by atoms with E-state index in [0.29, 0.717) is 43.2 Å². The van der Waals surface area contributed by atoms with Crippen LogP contribution in [0.1, 0.15) is 35.5 Å². The van der Waals surface area contributed by atoms with Crippen LogP contribution in [0.5, 0.6) is 0 Å². The summed E-state index contributed by atoms with van der Waals surface area (Å²) in [5.41, 5.74) is 6.67. The summed E-state index contributed by atoms with van der Waals surface area (Å²) < 4.78 is 48.9. The van der Waals surface area contributed by atoms with Gasteiger partial charge in [0.1, 0.15) is 6.54 Å². The number of rotatable bonds is 11. The molecule has 0 bridgehead atoms. The maximum Gasteiger partial charge on any atom is 0.435 e. The van der Waals surface area contributed by atoms with E-state index in [4.69, 9.17) is 15.7 Å². The van der Waals surface area contributed by atoms with Crippen LogP contribution in [-0.2, 0) is 23.9 Å². The van der Waals surface area contributed by atoms with Gasteiger partial charge in [0.05, 0.1) is 36.7 Å². The minimum Gasteiger partial charge on any atom is -0.378 e. The molecule has 40 heavy (non-hydrogen) atoms. The number of amides is 1. The second kappa shape index (κ2) is 12.1. The Balaban J connectivity index is 1.57. The van der Waals surface area contributed by atoms with E-state index in [1.165, 1.54) is 29.2 Å². The van der Waals surface area contributed by atoms with Gasteiger partial charge in [-0.05, 0) is 37.1 Å². The van der Waals surface area contributed by atoms with Gasteiger partial charge in [-0.3, -0.25) is 13.9 Å². The topological polar surface area (TPSA) is 148 Å². The van der Waals surface area contributed by atoms with E-state index < -0.39 is 11.9 Å². The maximum atomic E-state index is 13.7. The third kappa shape index (κ3) is 6.38. The molecule has 0 aliphatic carbocycles. The number of nitrogens with zero attached hydrogens (tertiary/aromatic N) is 6. The normalized spacial score (nSPS) is 12.3. The highest BCUT2D eigenvalue weighted by molar-refractivity contribution is 5.96. The lowest BCUT2D eigenvalue weighted by atomic mass is 10.0. The summed E-state index contributed by atoms with van der Waals surface area (Å²) in [5.74, 6) is 0.0700. The number of nitriles is 1. The predicted octanol–water partition coefficient (Wildman–Crippen LogP) is 3.53. The van der Waals surface area contributed by atoms with E-state index >= 15 is 0 Å². The van der Waals surface area contributed by atoms with Crippen molar-refractivity contribution in [2.75, 3.05) is 25.1 Å². The van der Waals surface area contributed by atoms with Crippen molar-refractivity contribution in [2.24, 2.45) is 5.73 Å². The molecule has 1 amide bonds. The van der Waals surface area contributed by atoms with E-state index in [0.717, 1.165) is 10.2 Å². The van der Waals surface area contributed by atoms with Crippen molar-refractivity contribution in [2.45, 2.75) is 39.0 Å². The summed E-state index contributed by atoms with van der Waals surface area (Å²) in [4.78, 5) is 21.3. The van der Waals surface area contributed by atoms with Crippen molar-refractivity contribution in [3.05, 3.63) is 59.8 Å². The van der Waals surface area contributed by atoms with E-state index in [2.05, 4.69) is 25.7 Å². The molecule has 0 fully saturated rings. The molecule has 1 aromatic carbocycles. The predicted molar refractivity (Wildman–Crippen MR) is 141 cm³/mol. The lowest BCUT2D eigenvalue weighted by Crippen LogP contribution is -2.30. The van der Waals surface area contributed by atoms with Crippen molar-refractivity contribution in [1.82, 2.24) is 29.5 Å². The number of nitrogens with one attached hydrogen (secondary N) is 2. The molecule has 210 valence electrons. The highest BCUT2D eigenvalue weighted by atomic mass is 19.4. The first kappa shape index (κ1) is 28.5. The Labute approximate surface area is 227 Å². The lowest BCUT2D eigenvalue weighted by molar-refractivity contribution is -0.141. The molecule has 0 aliphatic rings. The average Bonchev–Trinajstić information content (AvgIpc) is 3.53. The maximum absolute atomic E-state index is 13.7. The summed E-state index contributed by atoms with van der Waals surface area (Å²) in [7, 11) is 0. The largest absolute Gasteiger partial charge is 0.435 e. The number of carbonyl (C=O) groups excluding carboxylic acids is 1. The first-order valence-corrected chi connectivity index (χ1v) is 12.5. The van der Waals surface area contributed by atoms with E-state index in [1.807, 2.05) is 19.9 Å². The Morgan fingerprint density at radius 3 is 2.80 bits per heavy atom. The SMILES string of the molecule is CCc1cc(Nc2nccn3c(-c4cn(CC#N)nc4C(F)(F)F)cnc23)ccc1C(=O)NCCOC[C@@H](C)N. The smallest absolute Gasteiger partial charge is 0.378 e. The Bertz CT molecular complexity index is 1540. The number of aryl methyl sites for hydroxylation is 1. The van der Waals surface area contributed by atoms with Gasteiger partial charge in [-0.1, -0.05) is 6.92 Å². The van der Waals surface area contributed by atoms with Crippen molar-refractivity contribution in [1.29, 1.82) is 5.26 Å². The minimum absolute atomic E-state index is 0.0814. The Morgan fingerprint density at radius 2 is 2.10 bits per heavy atom. The van der Waals surface area contributed by atoms with Crippen molar-refractivity contribution in [3.8, 4) is 17.3 Å². The number of imidazole rings is 1. The third-order valence-electron chi connectivity index (χ3n) is 5.87. The molecule has 0 saturated carbocycles. The number of ether oxygens (including phenoxy) is 1. The molecule has 0 unspecified atom stereocenters. The van der Waals surface area contributed by atoms with Crippen molar-refractivity contribution in [3.63, 3.8) is 0 Å². The molecule has 1 atom stereocenters. The van der Waals surface area contributed by atoms with Gasteiger partial charge in [-0.25, -0.2) is 9.97 Å². The van der Waals surface area contributed by atoms with Crippen LogP contribution in [0.15, 0.2) is 43.0 Å². The molecule has 4 aromatic rings. The van der Waals surface area contributed by atoms with Gasteiger partial charge < -0.3 is 21.1 Å². The number of hydrogen-bond donors (Lipinski definition) is 3. The number of aromatic nitrogens is 5. The van der Waals surface area contributed by atoms with Crippen LogP contribution in [0.4, 0.5) is 24.7 Å². The highest BCUT2D eigenvalue weighted by Gasteiger charge is 2.38. The fourth-order valence-corrected chi connectivity index (χ4v) is 4.10. The molecular formula is C26H28F3N9O2. The fourth-order valence-electron chi connectivity index (χ4n) is 4.10. The lowest BCUT2D eigenvalue weighted by Gasteiger charge is -2.13. The fraction of sp³-hybridized carbons (Fsp3) is 0.346. The van der Waals surface area contributed by atoms with Gasteiger partial charge in [0.15, 0.2) is 17.2 Å². The van der Waals surface area contributed by atoms with Gasteiger partial charge in [0, 0.05) is 42.4 Å². The summed E-state index contributed by atoms with van der Waals surface area (Å²) in [5, 5.41) is 18.4. The van der Waals surface area contributed by atoms with Crippen LogP contribution < -0.4 is 16.4 Å². The summed E-state index contributed by atoms with van der Waals surface area (Å²) >= 11 is 0. The molecule has 3 heterocycles. The monoisotopic (exact) mass is 555 g/mol. The van der Waals surface area contributed by atoms with Gasteiger partial charge in [0.25, 0.3) is 5.91 Å². The molecular weight excluding hydrogens is 527 g/mol. The molecule has 3 aromatic heterocycles. The zero-order valence-corrected chi connectivity index (χ0v) is 21.9. The van der Waals surface area contributed by atoms with Gasteiger partial charge >= 0.3 is 6.18 Å². The van der Waals surface area contributed by atoms with Crippen LogP contribution in [0.25, 0.3) is 16.9 Å². The second-order valence-electron chi connectivity index (χ2n) is 9.02. The number of anilines is 2. The molecule has 14 heteroatoms. The minimum atomic E-state index is -4.73. The van der Waals surface area contributed by atoms with Crippen molar-refractivity contribution >= 4 is 23.1 Å². The number of alkyl halides is 3. The highest BCUT2D eigenvalue weighted by Crippen LogP contribution is 2.37. The molecule has 4 N–H and O–H groups in total. The van der Waals surface area contributed by atoms with E-state index in [9.17, 15) is 18.0 Å². The van der Waals surface area contributed by atoms with Crippen molar-refractivity contribution < 1.29 is 22.7 Å². The zero-order chi connectivity index (χ0) is 28.9. The van der Waals surface area contributed by atoms with E-state index in [1.54, 1.807) is 18.2 Å². The summed E-state index contributed by atoms with van der Waals surface area (Å²) in [6.07, 6.45) is 1.25. The Hall–Kier alpha value is -4.48. The van der Waals surface area contributed by atoms with Crippen LogP contribution in [0, 0.1) is 11.3 Å². The number of halogens is 3. The van der Waals surface area contributed by atoms with Crippen LogP contribution in [0.3, 0.4) is 0 Å². The second-order valence-corrected chi connectivity index (χ2v) is 9.02. The number of nitrogens with two attached hydrogens (primary N) is 1. The molecule has 0 saturated heterocycles.